The van der Waals surface area contributed by atoms with E-state index >= 15 is 0 Å². The van der Waals surface area contributed by atoms with Crippen molar-refractivity contribution in [2.24, 2.45) is 0 Å². The van der Waals surface area contributed by atoms with Crippen LogP contribution >= 0.6 is 0 Å². The van der Waals surface area contributed by atoms with Gasteiger partial charge in [0.25, 0.3) is 0 Å². The number of fused-ring (bicyclic) bond motifs is 1. The molecule has 0 saturated heterocycles. The Morgan fingerprint density at radius 3 is 2.67 bits per heavy atom. The topological polar surface area (TPSA) is 75.6 Å². The summed E-state index contributed by atoms with van der Waals surface area (Å²) in [5, 5.41) is 17.4. The van der Waals surface area contributed by atoms with Gasteiger partial charge in [0.2, 0.25) is 12.1 Å². The number of aromatic nitrogens is 4. The van der Waals surface area contributed by atoms with Gasteiger partial charge in [-0.1, -0.05) is 37.3 Å². The van der Waals surface area contributed by atoms with Crippen LogP contribution in [0.25, 0.3) is 16.9 Å². The van der Waals surface area contributed by atoms with Crippen molar-refractivity contribution in [1.82, 2.24) is 14.6 Å². The third kappa shape index (κ3) is 3.76. The predicted molar refractivity (Wildman–Crippen MR) is 110 cm³/mol. The number of aryl methyl sites for hydroxylation is 1. The summed E-state index contributed by atoms with van der Waals surface area (Å²) in [6.07, 6.45) is 2.05. The van der Waals surface area contributed by atoms with Crippen molar-refractivity contribution < 1.29 is 19.1 Å². The second-order valence-electron chi connectivity index (χ2n) is 6.76. The molecule has 0 radical (unpaired) electrons. The fourth-order valence-electron chi connectivity index (χ4n) is 3.30. The van der Waals surface area contributed by atoms with Gasteiger partial charge in [0.1, 0.15) is 5.82 Å². The predicted octanol–water partition coefficient (Wildman–Crippen LogP) is 3.63. The third-order valence-electron chi connectivity index (χ3n) is 4.78. The molecule has 0 amide bonds. The van der Waals surface area contributed by atoms with Gasteiger partial charge in [-0.25, -0.2) is 4.98 Å². The first-order valence-electron chi connectivity index (χ1n) is 9.84. The van der Waals surface area contributed by atoms with Crippen LogP contribution in [0.4, 0.5) is 10.2 Å². The lowest BCUT2D eigenvalue weighted by Gasteiger charge is -2.11. The maximum atomic E-state index is 14.4. The highest BCUT2D eigenvalue weighted by Crippen LogP contribution is 2.25. The average molecular weight is 408 g/mol. The van der Waals surface area contributed by atoms with E-state index in [-0.39, 0.29) is 0 Å². The molecule has 0 spiro atoms. The van der Waals surface area contributed by atoms with Crippen molar-refractivity contribution in [2.75, 3.05) is 11.9 Å². The van der Waals surface area contributed by atoms with Gasteiger partial charge in [0.15, 0.2) is 5.65 Å². The van der Waals surface area contributed by atoms with Crippen molar-refractivity contribution in [3.63, 3.8) is 0 Å². The fraction of sp³-hybridized carbons (Fsp3) is 0.227. The molecule has 0 saturated carbocycles. The van der Waals surface area contributed by atoms with E-state index in [0.717, 1.165) is 21.6 Å². The molecule has 0 aliphatic rings. The van der Waals surface area contributed by atoms with E-state index in [9.17, 15) is 9.60 Å². The first-order chi connectivity index (χ1) is 14.6. The summed E-state index contributed by atoms with van der Waals surface area (Å²) >= 11 is 0. The van der Waals surface area contributed by atoms with Gasteiger partial charge in [-0.05, 0) is 19.4 Å². The quantitative estimate of drug-likeness (QED) is 0.361. The number of benzene rings is 1. The first kappa shape index (κ1) is 19.6. The molecular formula is C22H23FN5O2+. The number of hydrogen-bond donors (Lipinski definition) is 2. The van der Waals surface area contributed by atoms with Gasteiger partial charge >= 0.3 is 5.88 Å². The Hall–Kier alpha value is -3.68. The molecule has 8 heteroatoms. The third-order valence-corrected chi connectivity index (χ3v) is 4.78. The lowest BCUT2D eigenvalue weighted by molar-refractivity contribution is -0.906. The van der Waals surface area contributed by atoms with E-state index in [0.29, 0.717) is 42.5 Å². The molecule has 3 aromatic heterocycles. The van der Waals surface area contributed by atoms with Crippen LogP contribution in [-0.2, 0) is 13.0 Å². The van der Waals surface area contributed by atoms with Crippen LogP contribution in [0.3, 0.4) is 0 Å². The summed E-state index contributed by atoms with van der Waals surface area (Å²) in [5.74, 6) is 0.448. The second-order valence-corrected chi connectivity index (χ2v) is 6.76. The van der Waals surface area contributed by atoms with Gasteiger partial charge in [-0.15, -0.1) is 5.10 Å². The summed E-state index contributed by atoms with van der Waals surface area (Å²) in [4.78, 5) is 4.66. The number of rotatable bonds is 7. The van der Waals surface area contributed by atoms with Gasteiger partial charge in [-0.2, -0.15) is 8.91 Å². The molecule has 30 heavy (non-hydrogen) atoms. The SMILES string of the molecule is CCOc1ccc(CNc2cc(-c3ccccc3)nc3c(CC)c(F)nn23)c[n+]1O. The fourth-order valence-corrected chi connectivity index (χ4v) is 3.30. The van der Waals surface area contributed by atoms with Crippen LogP contribution in [0.5, 0.6) is 5.88 Å². The Bertz CT molecular complexity index is 1180. The summed E-state index contributed by atoms with van der Waals surface area (Å²) in [5.41, 5.74) is 3.44. The normalized spacial score (nSPS) is 11.0. The zero-order chi connectivity index (χ0) is 21.1. The molecule has 3 heterocycles. The molecule has 0 aliphatic carbocycles. The smallest absolute Gasteiger partial charge is 0.416 e. The minimum atomic E-state index is -0.521. The number of pyridine rings is 1. The lowest BCUT2D eigenvalue weighted by atomic mass is 10.1. The van der Waals surface area contributed by atoms with Gasteiger partial charge < -0.3 is 10.1 Å². The van der Waals surface area contributed by atoms with Gasteiger partial charge in [0.05, 0.1) is 23.9 Å². The molecule has 4 aromatic rings. The minimum Gasteiger partial charge on any atom is -0.442 e. The van der Waals surface area contributed by atoms with Crippen LogP contribution in [0.1, 0.15) is 25.0 Å². The van der Waals surface area contributed by atoms with Crippen LogP contribution in [0.2, 0.25) is 0 Å². The Morgan fingerprint density at radius 2 is 1.97 bits per heavy atom. The van der Waals surface area contributed by atoms with E-state index in [1.54, 1.807) is 12.3 Å². The van der Waals surface area contributed by atoms with Crippen molar-refractivity contribution >= 4 is 11.5 Å². The molecule has 0 fully saturated rings. The van der Waals surface area contributed by atoms with E-state index in [1.165, 1.54) is 4.52 Å². The van der Waals surface area contributed by atoms with Crippen molar-refractivity contribution in [1.29, 1.82) is 0 Å². The molecular weight excluding hydrogens is 385 g/mol. The van der Waals surface area contributed by atoms with Crippen LogP contribution < -0.4 is 14.8 Å². The van der Waals surface area contributed by atoms with Crippen molar-refractivity contribution in [3.8, 4) is 17.1 Å². The summed E-state index contributed by atoms with van der Waals surface area (Å²) < 4.78 is 22.2. The van der Waals surface area contributed by atoms with E-state index in [1.807, 2.05) is 56.3 Å². The monoisotopic (exact) mass is 408 g/mol. The number of ether oxygens (including phenoxy) is 1. The second kappa shape index (κ2) is 8.36. The largest absolute Gasteiger partial charge is 0.442 e. The summed E-state index contributed by atoms with van der Waals surface area (Å²) in [6, 6.07) is 15.1. The van der Waals surface area contributed by atoms with Crippen molar-refractivity contribution in [3.05, 3.63) is 71.8 Å². The maximum Gasteiger partial charge on any atom is 0.416 e. The number of nitrogens with one attached hydrogen (secondary N) is 1. The Balaban J connectivity index is 1.71. The molecule has 7 nitrogen and oxygen atoms in total. The van der Waals surface area contributed by atoms with Crippen LogP contribution in [0, 0.1) is 5.95 Å². The van der Waals surface area contributed by atoms with E-state index in [4.69, 9.17) is 4.74 Å². The minimum absolute atomic E-state index is 0.362. The standard InChI is InChI=1S/C22H23FN5O2/c1-3-17-21(23)26-28-19(12-18(25-22(17)28)16-8-6-5-7-9-16)24-13-15-10-11-20(30-4-2)27(29)14-15/h5-12,14,24,29H,3-4,13H2,1-2H3/q+1. The molecule has 1 aromatic carbocycles. The molecule has 4 rings (SSSR count). The van der Waals surface area contributed by atoms with E-state index in [2.05, 4.69) is 15.4 Å². The number of anilines is 1. The zero-order valence-corrected chi connectivity index (χ0v) is 16.8. The van der Waals surface area contributed by atoms with Gasteiger partial charge in [0, 0.05) is 28.5 Å². The molecule has 0 atom stereocenters. The number of hydrogen-bond acceptors (Lipinski definition) is 5. The van der Waals surface area contributed by atoms with E-state index < -0.39 is 5.95 Å². The Morgan fingerprint density at radius 1 is 1.17 bits per heavy atom. The zero-order valence-electron chi connectivity index (χ0n) is 16.8. The Labute approximate surface area is 173 Å². The summed E-state index contributed by atoms with van der Waals surface area (Å²) in [6.45, 7) is 4.58. The number of halogens is 1. The molecule has 154 valence electrons. The Kier molecular flexibility index (Phi) is 5.47. The lowest BCUT2D eigenvalue weighted by Crippen LogP contribution is -2.33. The van der Waals surface area contributed by atoms with Crippen LogP contribution in [0.15, 0.2) is 54.7 Å². The average Bonchev–Trinajstić information content (AvgIpc) is 3.09. The highest BCUT2D eigenvalue weighted by Gasteiger charge is 2.18. The molecule has 2 N–H and O–H groups in total. The highest BCUT2D eigenvalue weighted by atomic mass is 19.1. The summed E-state index contributed by atoms with van der Waals surface area (Å²) in [7, 11) is 0. The number of nitrogens with zero attached hydrogens (tertiary/aromatic N) is 4. The molecule has 0 aliphatic heterocycles. The van der Waals surface area contributed by atoms with Crippen LogP contribution in [-0.4, -0.2) is 26.4 Å². The van der Waals surface area contributed by atoms with Crippen molar-refractivity contribution in [2.45, 2.75) is 26.8 Å². The first-order valence-corrected chi connectivity index (χ1v) is 9.84. The maximum absolute atomic E-state index is 14.4. The van der Waals surface area contributed by atoms with Gasteiger partial charge in [-0.3, -0.25) is 5.21 Å². The molecule has 0 bridgehead atoms. The highest BCUT2D eigenvalue weighted by molar-refractivity contribution is 5.67. The molecule has 0 unspecified atom stereocenters.